The van der Waals surface area contributed by atoms with E-state index >= 15 is 0 Å². The number of likely N-dealkylation sites (tertiary alicyclic amines) is 1. The standard InChI is InChI=1S/C27H26N2O5/c1-14-7-21-25(26-24(14)15(2)13-33-26)16(3)19(27(32)34-21)9-23(31)28-10-17-8-18(12-28)20-5-4-6-22(30)29(20)11-17/h4-7,13,17-18H,8-12H2,1-3H3/t17-,18+/m1/s1. The molecule has 6 rings (SSSR count). The highest BCUT2D eigenvalue weighted by atomic mass is 16.4. The van der Waals surface area contributed by atoms with Crippen molar-refractivity contribution in [3.63, 3.8) is 0 Å². The minimum Gasteiger partial charge on any atom is -0.463 e. The number of carbonyl (C=O) groups is 1. The summed E-state index contributed by atoms with van der Waals surface area (Å²) < 4.78 is 13.4. The molecule has 4 aromatic rings. The van der Waals surface area contributed by atoms with E-state index in [9.17, 15) is 14.4 Å². The van der Waals surface area contributed by atoms with Gasteiger partial charge < -0.3 is 18.3 Å². The molecule has 1 saturated heterocycles. The molecule has 0 N–H and O–H groups in total. The minimum atomic E-state index is -0.477. The Morgan fingerprint density at radius 3 is 2.71 bits per heavy atom. The van der Waals surface area contributed by atoms with Crippen molar-refractivity contribution >= 4 is 27.8 Å². The first-order chi connectivity index (χ1) is 16.3. The summed E-state index contributed by atoms with van der Waals surface area (Å²) in [7, 11) is 0. The van der Waals surface area contributed by atoms with Crippen LogP contribution in [-0.2, 0) is 17.8 Å². The molecule has 2 atom stereocenters. The summed E-state index contributed by atoms with van der Waals surface area (Å²) in [4.78, 5) is 40.4. The summed E-state index contributed by atoms with van der Waals surface area (Å²) in [6, 6.07) is 7.23. The second-order valence-corrected chi connectivity index (χ2v) is 9.86. The lowest BCUT2D eigenvalue weighted by Gasteiger charge is -2.42. The van der Waals surface area contributed by atoms with Crippen LogP contribution in [0.2, 0.25) is 0 Å². The Morgan fingerprint density at radius 1 is 1.06 bits per heavy atom. The Hall–Kier alpha value is -3.61. The van der Waals surface area contributed by atoms with E-state index in [1.165, 1.54) is 0 Å². The van der Waals surface area contributed by atoms with Crippen LogP contribution in [0.25, 0.3) is 21.9 Å². The number of fused-ring (bicyclic) bond motifs is 7. The van der Waals surface area contributed by atoms with Gasteiger partial charge in [-0.1, -0.05) is 6.07 Å². The van der Waals surface area contributed by atoms with E-state index in [1.54, 1.807) is 18.4 Å². The topological polar surface area (TPSA) is 85.7 Å². The van der Waals surface area contributed by atoms with Gasteiger partial charge in [0.05, 0.1) is 23.6 Å². The molecule has 7 nitrogen and oxygen atoms in total. The van der Waals surface area contributed by atoms with E-state index in [4.69, 9.17) is 8.83 Å². The van der Waals surface area contributed by atoms with Crippen LogP contribution in [0.1, 0.15) is 40.3 Å². The number of aryl methyl sites for hydroxylation is 3. The van der Waals surface area contributed by atoms with E-state index in [1.807, 2.05) is 42.4 Å². The maximum atomic E-state index is 13.4. The smallest absolute Gasteiger partial charge is 0.340 e. The van der Waals surface area contributed by atoms with Crippen LogP contribution >= 0.6 is 0 Å². The first-order valence-electron chi connectivity index (χ1n) is 11.7. The van der Waals surface area contributed by atoms with E-state index in [-0.39, 0.29) is 29.7 Å². The van der Waals surface area contributed by atoms with Crippen LogP contribution in [0.5, 0.6) is 0 Å². The van der Waals surface area contributed by atoms with Crippen molar-refractivity contribution in [2.75, 3.05) is 13.1 Å². The molecular formula is C27H26N2O5. The highest BCUT2D eigenvalue weighted by molar-refractivity contribution is 6.07. The Bertz CT molecular complexity index is 1610. The van der Waals surface area contributed by atoms with Crippen LogP contribution in [0.15, 0.2) is 49.0 Å². The normalized spacial score (nSPS) is 19.6. The lowest BCUT2D eigenvalue weighted by molar-refractivity contribution is -0.133. The van der Waals surface area contributed by atoms with Crippen molar-refractivity contribution in [3.8, 4) is 0 Å². The maximum absolute atomic E-state index is 13.4. The second kappa shape index (κ2) is 7.45. The zero-order valence-electron chi connectivity index (χ0n) is 19.5. The van der Waals surface area contributed by atoms with Crippen molar-refractivity contribution in [3.05, 3.63) is 79.3 Å². The van der Waals surface area contributed by atoms with E-state index in [0.29, 0.717) is 36.4 Å². The van der Waals surface area contributed by atoms with Gasteiger partial charge in [0.1, 0.15) is 11.2 Å². The number of hydrogen-bond acceptors (Lipinski definition) is 5. The van der Waals surface area contributed by atoms with Gasteiger partial charge in [0, 0.05) is 42.7 Å². The average molecular weight is 459 g/mol. The quantitative estimate of drug-likeness (QED) is 0.427. The molecule has 0 saturated carbocycles. The number of carbonyl (C=O) groups excluding carboxylic acids is 1. The fraction of sp³-hybridized carbons (Fsp3) is 0.370. The third-order valence-electron chi connectivity index (χ3n) is 7.63. The van der Waals surface area contributed by atoms with Crippen LogP contribution in [0.4, 0.5) is 0 Å². The largest absolute Gasteiger partial charge is 0.463 e. The molecule has 0 unspecified atom stereocenters. The fourth-order valence-electron chi connectivity index (χ4n) is 6.04. The monoisotopic (exact) mass is 458 g/mol. The van der Waals surface area contributed by atoms with Crippen molar-refractivity contribution in [1.82, 2.24) is 9.47 Å². The zero-order chi connectivity index (χ0) is 23.7. The minimum absolute atomic E-state index is 0.0137. The predicted molar refractivity (Wildman–Crippen MR) is 128 cm³/mol. The molecule has 2 aliphatic rings. The molecule has 34 heavy (non-hydrogen) atoms. The van der Waals surface area contributed by atoms with Gasteiger partial charge in [-0.3, -0.25) is 9.59 Å². The number of rotatable bonds is 2. The van der Waals surface area contributed by atoms with Crippen molar-refractivity contribution < 1.29 is 13.6 Å². The van der Waals surface area contributed by atoms with Crippen molar-refractivity contribution in [2.24, 2.45) is 5.92 Å². The SMILES string of the molecule is Cc1coc2c1c(C)cc1oc(=O)c(CC(=O)N3C[C@H]4C[C@@H](C3)c3cccc(=O)n3C4)c(C)c12. The third kappa shape index (κ3) is 3.06. The lowest BCUT2D eigenvalue weighted by atomic mass is 9.83. The molecule has 1 fully saturated rings. The molecule has 0 spiro atoms. The van der Waals surface area contributed by atoms with E-state index < -0.39 is 5.63 Å². The molecule has 3 aromatic heterocycles. The van der Waals surface area contributed by atoms with Gasteiger partial charge in [-0.25, -0.2) is 4.79 Å². The van der Waals surface area contributed by atoms with Crippen LogP contribution < -0.4 is 11.2 Å². The number of hydrogen-bond donors (Lipinski definition) is 0. The number of benzene rings is 1. The van der Waals surface area contributed by atoms with E-state index in [2.05, 4.69) is 0 Å². The molecule has 5 heterocycles. The fourth-order valence-corrected chi connectivity index (χ4v) is 6.04. The molecule has 1 aromatic carbocycles. The Balaban J connectivity index is 1.35. The van der Waals surface area contributed by atoms with Crippen LogP contribution in [0, 0.1) is 26.7 Å². The van der Waals surface area contributed by atoms with Gasteiger partial charge in [-0.05, 0) is 61.9 Å². The predicted octanol–water partition coefficient (Wildman–Crippen LogP) is 3.81. The molecule has 1 amide bonds. The zero-order valence-corrected chi connectivity index (χ0v) is 19.5. The van der Waals surface area contributed by atoms with Gasteiger partial charge in [0.15, 0.2) is 0 Å². The second-order valence-electron chi connectivity index (χ2n) is 9.86. The van der Waals surface area contributed by atoms with Crippen LogP contribution in [0.3, 0.4) is 0 Å². The number of furan rings is 1. The first-order valence-corrected chi connectivity index (χ1v) is 11.7. The molecule has 0 aliphatic carbocycles. The number of nitrogens with zero attached hydrogens (tertiary/aromatic N) is 2. The maximum Gasteiger partial charge on any atom is 0.340 e. The molecule has 0 radical (unpaired) electrons. The lowest BCUT2D eigenvalue weighted by Crippen LogP contribution is -2.49. The summed E-state index contributed by atoms with van der Waals surface area (Å²) in [5.41, 5.74) is 4.83. The van der Waals surface area contributed by atoms with Gasteiger partial charge in [0.2, 0.25) is 5.91 Å². The highest BCUT2D eigenvalue weighted by Crippen LogP contribution is 2.36. The number of aromatic nitrogens is 1. The van der Waals surface area contributed by atoms with E-state index in [0.717, 1.165) is 39.6 Å². The Morgan fingerprint density at radius 2 is 1.88 bits per heavy atom. The summed E-state index contributed by atoms with van der Waals surface area (Å²) in [6.07, 6.45) is 2.67. The summed E-state index contributed by atoms with van der Waals surface area (Å²) in [6.45, 7) is 7.59. The van der Waals surface area contributed by atoms with Crippen molar-refractivity contribution in [1.29, 1.82) is 0 Å². The Kier molecular flexibility index (Phi) is 4.59. The molecule has 7 heteroatoms. The van der Waals surface area contributed by atoms with Gasteiger partial charge in [0.25, 0.3) is 5.56 Å². The summed E-state index contributed by atoms with van der Waals surface area (Å²) in [5.74, 6) is 0.279. The average Bonchev–Trinajstić information content (AvgIpc) is 3.19. The highest BCUT2D eigenvalue weighted by Gasteiger charge is 2.36. The number of piperidine rings is 1. The van der Waals surface area contributed by atoms with Gasteiger partial charge in [-0.15, -0.1) is 0 Å². The summed E-state index contributed by atoms with van der Waals surface area (Å²) >= 11 is 0. The summed E-state index contributed by atoms with van der Waals surface area (Å²) in [5, 5.41) is 1.76. The third-order valence-corrected chi connectivity index (χ3v) is 7.63. The first kappa shape index (κ1) is 21.0. The molecular weight excluding hydrogens is 432 g/mol. The molecule has 2 aliphatic heterocycles. The Labute approximate surface area is 195 Å². The molecule has 2 bridgehead atoms. The number of pyridine rings is 1. The van der Waals surface area contributed by atoms with Gasteiger partial charge >= 0.3 is 5.63 Å². The van der Waals surface area contributed by atoms with Crippen LogP contribution in [-0.4, -0.2) is 28.5 Å². The van der Waals surface area contributed by atoms with Crippen molar-refractivity contribution in [2.45, 2.75) is 46.1 Å². The molecule has 174 valence electrons. The van der Waals surface area contributed by atoms with Gasteiger partial charge in [-0.2, -0.15) is 0 Å². The number of amides is 1.